The number of amides is 1. The topological polar surface area (TPSA) is 44.4 Å². The lowest BCUT2D eigenvalue weighted by atomic mass is 10.1. The van der Waals surface area contributed by atoms with Crippen LogP contribution in [0.2, 0.25) is 0 Å². The van der Waals surface area contributed by atoms with Gasteiger partial charge < -0.3 is 10.6 Å². The van der Waals surface area contributed by atoms with Gasteiger partial charge in [0, 0.05) is 19.1 Å². The van der Waals surface area contributed by atoms with E-state index >= 15 is 0 Å². The average Bonchev–Trinajstić information content (AvgIpc) is 2.74. The van der Waals surface area contributed by atoms with Crippen LogP contribution in [0, 0.1) is 0 Å². The van der Waals surface area contributed by atoms with Gasteiger partial charge in [0.05, 0.1) is 6.54 Å². The van der Waals surface area contributed by atoms with Crippen molar-refractivity contribution in [2.24, 2.45) is 0 Å². The molecule has 1 saturated carbocycles. The van der Waals surface area contributed by atoms with Crippen molar-refractivity contribution in [1.29, 1.82) is 0 Å². The van der Waals surface area contributed by atoms with Crippen LogP contribution in [0.25, 0.3) is 0 Å². The number of carbonyl (C=O) groups is 1. The van der Waals surface area contributed by atoms with E-state index in [2.05, 4.69) is 15.5 Å². The summed E-state index contributed by atoms with van der Waals surface area (Å²) in [6.45, 7) is 4.72. The largest absolute Gasteiger partial charge is 0.352 e. The van der Waals surface area contributed by atoms with Crippen molar-refractivity contribution in [2.75, 3.05) is 32.7 Å². The molecular weight excluding hydrogens is 262 g/mol. The Balaban J connectivity index is 0.00000180. The van der Waals surface area contributed by atoms with Crippen LogP contribution in [0.1, 0.15) is 44.9 Å². The molecule has 2 N–H and O–H groups in total. The molecule has 4 nitrogen and oxygen atoms in total. The number of nitrogens with zero attached hydrogens (tertiary/aromatic N) is 1. The number of nitrogens with one attached hydrogen (secondary N) is 2. The lowest BCUT2D eigenvalue weighted by Crippen LogP contribution is -2.42. The second-order valence-electron chi connectivity index (χ2n) is 5.64. The Morgan fingerprint density at radius 1 is 1.05 bits per heavy atom. The molecule has 5 heteroatoms. The van der Waals surface area contributed by atoms with Gasteiger partial charge in [-0.05, 0) is 32.4 Å². The lowest BCUT2D eigenvalue weighted by molar-refractivity contribution is -0.123. The summed E-state index contributed by atoms with van der Waals surface area (Å²) in [7, 11) is 0. The predicted octanol–water partition coefficient (Wildman–Crippen LogP) is 1.54. The van der Waals surface area contributed by atoms with Crippen LogP contribution >= 0.6 is 12.4 Å². The molecule has 0 atom stereocenters. The first-order valence-electron chi connectivity index (χ1n) is 7.57. The minimum Gasteiger partial charge on any atom is -0.352 e. The van der Waals surface area contributed by atoms with E-state index in [4.69, 9.17) is 0 Å². The van der Waals surface area contributed by atoms with Gasteiger partial charge in [-0.3, -0.25) is 9.69 Å². The van der Waals surface area contributed by atoms with Gasteiger partial charge in [-0.2, -0.15) is 0 Å². The molecule has 1 saturated heterocycles. The van der Waals surface area contributed by atoms with Crippen molar-refractivity contribution in [2.45, 2.75) is 51.0 Å². The van der Waals surface area contributed by atoms with Crippen LogP contribution in [-0.2, 0) is 4.79 Å². The first kappa shape index (κ1) is 16.7. The maximum Gasteiger partial charge on any atom is 0.234 e. The molecule has 0 unspecified atom stereocenters. The molecule has 1 heterocycles. The van der Waals surface area contributed by atoms with Crippen molar-refractivity contribution in [3.63, 3.8) is 0 Å². The summed E-state index contributed by atoms with van der Waals surface area (Å²) in [6, 6.07) is 0.435. The van der Waals surface area contributed by atoms with E-state index in [0.29, 0.717) is 12.6 Å². The quantitative estimate of drug-likeness (QED) is 0.775. The molecule has 1 amide bonds. The van der Waals surface area contributed by atoms with Gasteiger partial charge in [-0.15, -0.1) is 12.4 Å². The van der Waals surface area contributed by atoms with Crippen LogP contribution in [0.4, 0.5) is 0 Å². The average molecular weight is 290 g/mol. The fourth-order valence-corrected chi connectivity index (χ4v) is 2.96. The normalized spacial score (nSPS) is 22.9. The highest BCUT2D eigenvalue weighted by atomic mass is 35.5. The van der Waals surface area contributed by atoms with Crippen molar-refractivity contribution in [1.82, 2.24) is 15.5 Å². The van der Waals surface area contributed by atoms with E-state index in [1.165, 1.54) is 38.5 Å². The summed E-state index contributed by atoms with van der Waals surface area (Å²) in [5.41, 5.74) is 0. The molecule has 0 aromatic carbocycles. The maximum atomic E-state index is 12.0. The van der Waals surface area contributed by atoms with E-state index in [0.717, 1.165) is 32.6 Å². The second-order valence-corrected chi connectivity index (χ2v) is 5.64. The van der Waals surface area contributed by atoms with Crippen LogP contribution < -0.4 is 10.6 Å². The molecule has 0 radical (unpaired) electrons. The molecule has 19 heavy (non-hydrogen) atoms. The molecule has 0 aromatic rings. The molecule has 2 aliphatic rings. The Morgan fingerprint density at radius 3 is 2.53 bits per heavy atom. The van der Waals surface area contributed by atoms with Crippen molar-refractivity contribution >= 4 is 18.3 Å². The Morgan fingerprint density at radius 2 is 1.79 bits per heavy atom. The van der Waals surface area contributed by atoms with Gasteiger partial charge in [-0.1, -0.05) is 25.7 Å². The Labute approximate surface area is 123 Å². The van der Waals surface area contributed by atoms with Gasteiger partial charge in [-0.25, -0.2) is 0 Å². The standard InChI is InChI=1S/C14H27N3O.ClH/c18-14(12-17-10-5-8-15-9-11-17)16-13-6-3-1-2-4-7-13;/h13,15H,1-12H2,(H,16,18);1H. The van der Waals surface area contributed by atoms with Crippen LogP contribution in [0.15, 0.2) is 0 Å². The second kappa shape index (κ2) is 9.56. The van der Waals surface area contributed by atoms with Crippen LogP contribution in [0.3, 0.4) is 0 Å². The third-order valence-corrected chi connectivity index (χ3v) is 4.02. The fourth-order valence-electron chi connectivity index (χ4n) is 2.96. The van der Waals surface area contributed by atoms with E-state index < -0.39 is 0 Å². The minimum absolute atomic E-state index is 0. The predicted molar refractivity (Wildman–Crippen MR) is 80.8 cm³/mol. The van der Waals surface area contributed by atoms with Gasteiger partial charge in [0.2, 0.25) is 5.91 Å². The monoisotopic (exact) mass is 289 g/mol. The van der Waals surface area contributed by atoms with Gasteiger partial charge in [0.15, 0.2) is 0 Å². The smallest absolute Gasteiger partial charge is 0.234 e. The summed E-state index contributed by atoms with van der Waals surface area (Å²) in [5.74, 6) is 0.226. The zero-order chi connectivity index (χ0) is 12.6. The molecule has 0 bridgehead atoms. The number of carbonyl (C=O) groups excluding carboxylic acids is 1. The number of hydrogen-bond donors (Lipinski definition) is 2. The molecule has 1 aliphatic carbocycles. The van der Waals surface area contributed by atoms with Crippen molar-refractivity contribution in [3.05, 3.63) is 0 Å². The van der Waals surface area contributed by atoms with Crippen LogP contribution in [-0.4, -0.2) is 49.6 Å². The summed E-state index contributed by atoms with van der Waals surface area (Å²) in [4.78, 5) is 14.3. The molecule has 0 aromatic heterocycles. The van der Waals surface area contributed by atoms with E-state index in [1.54, 1.807) is 0 Å². The first-order valence-corrected chi connectivity index (χ1v) is 7.57. The first-order chi connectivity index (χ1) is 8.84. The van der Waals surface area contributed by atoms with Crippen molar-refractivity contribution in [3.8, 4) is 0 Å². The van der Waals surface area contributed by atoms with Gasteiger partial charge in [0.1, 0.15) is 0 Å². The number of halogens is 1. The highest BCUT2D eigenvalue weighted by Gasteiger charge is 2.17. The molecule has 0 spiro atoms. The van der Waals surface area contributed by atoms with Gasteiger partial charge >= 0.3 is 0 Å². The summed E-state index contributed by atoms with van der Waals surface area (Å²) in [6.07, 6.45) is 8.72. The zero-order valence-electron chi connectivity index (χ0n) is 11.8. The molecule has 2 fully saturated rings. The van der Waals surface area contributed by atoms with E-state index in [9.17, 15) is 4.79 Å². The van der Waals surface area contributed by atoms with Gasteiger partial charge in [0.25, 0.3) is 0 Å². The molecule has 2 rings (SSSR count). The maximum absolute atomic E-state index is 12.0. The fraction of sp³-hybridized carbons (Fsp3) is 0.929. The zero-order valence-corrected chi connectivity index (χ0v) is 12.6. The Hall–Kier alpha value is -0.320. The highest BCUT2D eigenvalue weighted by molar-refractivity contribution is 5.85. The third-order valence-electron chi connectivity index (χ3n) is 4.02. The highest BCUT2D eigenvalue weighted by Crippen LogP contribution is 2.17. The Kier molecular flexibility index (Phi) is 8.42. The summed E-state index contributed by atoms with van der Waals surface area (Å²) in [5, 5.41) is 6.59. The lowest BCUT2D eigenvalue weighted by Gasteiger charge is -2.21. The molecule has 1 aliphatic heterocycles. The number of rotatable bonds is 3. The molecule has 112 valence electrons. The summed E-state index contributed by atoms with van der Waals surface area (Å²) >= 11 is 0. The number of hydrogen-bond acceptors (Lipinski definition) is 3. The molecular formula is C14H28ClN3O. The van der Waals surface area contributed by atoms with E-state index in [-0.39, 0.29) is 18.3 Å². The van der Waals surface area contributed by atoms with E-state index in [1.807, 2.05) is 0 Å². The van der Waals surface area contributed by atoms with Crippen LogP contribution in [0.5, 0.6) is 0 Å². The third kappa shape index (κ3) is 6.59. The van der Waals surface area contributed by atoms with Crippen molar-refractivity contribution < 1.29 is 4.79 Å². The summed E-state index contributed by atoms with van der Waals surface area (Å²) < 4.78 is 0. The SMILES string of the molecule is Cl.O=C(CN1CCCNCC1)NC1CCCCCC1. The Bertz CT molecular complexity index is 223. The minimum atomic E-state index is 0.